The van der Waals surface area contributed by atoms with Gasteiger partial charge in [-0.25, -0.2) is 0 Å². The molecule has 0 spiro atoms. The van der Waals surface area contributed by atoms with E-state index in [1.54, 1.807) is 0 Å². The SMILES string of the molecule is CC(C)(C)OCC1CCN1C1CC1. The molecule has 76 valence electrons. The van der Waals surface area contributed by atoms with E-state index in [1.807, 2.05) is 0 Å². The van der Waals surface area contributed by atoms with Crippen molar-refractivity contribution < 1.29 is 4.74 Å². The summed E-state index contributed by atoms with van der Waals surface area (Å²) in [7, 11) is 0. The molecule has 2 fully saturated rings. The van der Waals surface area contributed by atoms with Gasteiger partial charge < -0.3 is 4.74 Å². The fraction of sp³-hybridized carbons (Fsp3) is 1.00. The van der Waals surface area contributed by atoms with Crippen molar-refractivity contribution in [3.8, 4) is 0 Å². The van der Waals surface area contributed by atoms with Crippen molar-refractivity contribution in [2.75, 3.05) is 13.2 Å². The van der Waals surface area contributed by atoms with E-state index in [1.165, 1.54) is 25.8 Å². The third kappa shape index (κ3) is 2.44. The first-order chi connectivity index (χ1) is 6.06. The van der Waals surface area contributed by atoms with Crippen LogP contribution in [-0.4, -0.2) is 35.7 Å². The summed E-state index contributed by atoms with van der Waals surface area (Å²) in [6.45, 7) is 8.64. The number of ether oxygens (including phenoxy) is 1. The van der Waals surface area contributed by atoms with Gasteiger partial charge in [0.1, 0.15) is 0 Å². The van der Waals surface area contributed by atoms with Gasteiger partial charge in [0.2, 0.25) is 0 Å². The van der Waals surface area contributed by atoms with Crippen LogP contribution >= 0.6 is 0 Å². The van der Waals surface area contributed by atoms with Crippen LogP contribution in [0.4, 0.5) is 0 Å². The Hall–Kier alpha value is -0.0800. The van der Waals surface area contributed by atoms with Gasteiger partial charge in [-0.3, -0.25) is 4.90 Å². The van der Waals surface area contributed by atoms with E-state index >= 15 is 0 Å². The molecule has 0 amide bonds. The van der Waals surface area contributed by atoms with Crippen LogP contribution in [0.25, 0.3) is 0 Å². The number of nitrogens with zero attached hydrogens (tertiary/aromatic N) is 1. The average molecular weight is 183 g/mol. The van der Waals surface area contributed by atoms with Gasteiger partial charge in [0, 0.05) is 18.6 Å². The highest BCUT2D eigenvalue weighted by molar-refractivity contribution is 4.94. The summed E-state index contributed by atoms with van der Waals surface area (Å²) in [6.07, 6.45) is 4.19. The van der Waals surface area contributed by atoms with Gasteiger partial charge in [-0.1, -0.05) is 0 Å². The molecule has 1 aliphatic heterocycles. The molecular weight excluding hydrogens is 162 g/mol. The second-order valence-corrected chi connectivity index (χ2v) is 5.33. The number of hydrogen-bond donors (Lipinski definition) is 0. The van der Waals surface area contributed by atoms with E-state index in [0.29, 0.717) is 0 Å². The molecule has 0 aromatic heterocycles. The fourth-order valence-corrected chi connectivity index (χ4v) is 1.87. The summed E-state index contributed by atoms with van der Waals surface area (Å²) in [5.41, 5.74) is 0.0326. The van der Waals surface area contributed by atoms with Crippen molar-refractivity contribution in [2.24, 2.45) is 0 Å². The van der Waals surface area contributed by atoms with Crippen molar-refractivity contribution in [1.29, 1.82) is 0 Å². The normalized spacial score (nSPS) is 30.2. The summed E-state index contributed by atoms with van der Waals surface area (Å²) < 4.78 is 5.80. The number of likely N-dealkylation sites (tertiary alicyclic amines) is 1. The third-order valence-corrected chi connectivity index (χ3v) is 2.91. The highest BCUT2D eigenvalue weighted by Gasteiger charge is 2.39. The summed E-state index contributed by atoms with van der Waals surface area (Å²) in [5.74, 6) is 0. The lowest BCUT2D eigenvalue weighted by molar-refractivity contribution is -0.0634. The molecular formula is C11H21NO. The van der Waals surface area contributed by atoms with E-state index in [-0.39, 0.29) is 5.60 Å². The van der Waals surface area contributed by atoms with Crippen LogP contribution in [0.15, 0.2) is 0 Å². The monoisotopic (exact) mass is 183 g/mol. The molecule has 1 heterocycles. The largest absolute Gasteiger partial charge is 0.374 e. The first-order valence-electron chi connectivity index (χ1n) is 5.46. The van der Waals surface area contributed by atoms with Crippen LogP contribution in [-0.2, 0) is 4.74 Å². The van der Waals surface area contributed by atoms with Crippen LogP contribution in [0.2, 0.25) is 0 Å². The zero-order chi connectivity index (χ0) is 9.47. The molecule has 0 N–H and O–H groups in total. The van der Waals surface area contributed by atoms with Crippen molar-refractivity contribution >= 4 is 0 Å². The second-order valence-electron chi connectivity index (χ2n) is 5.33. The Morgan fingerprint density at radius 1 is 1.23 bits per heavy atom. The molecule has 0 aromatic carbocycles. The maximum atomic E-state index is 5.80. The Labute approximate surface area is 81.3 Å². The molecule has 0 bridgehead atoms. The third-order valence-electron chi connectivity index (χ3n) is 2.91. The Bertz CT molecular complexity index is 181. The summed E-state index contributed by atoms with van der Waals surface area (Å²) in [4.78, 5) is 2.62. The van der Waals surface area contributed by atoms with Crippen LogP contribution in [0, 0.1) is 0 Å². The molecule has 13 heavy (non-hydrogen) atoms. The fourth-order valence-electron chi connectivity index (χ4n) is 1.87. The molecule has 0 aromatic rings. The number of rotatable bonds is 3. The minimum Gasteiger partial charge on any atom is -0.374 e. The summed E-state index contributed by atoms with van der Waals surface area (Å²) in [6, 6.07) is 1.65. The molecule has 1 saturated carbocycles. The lowest BCUT2D eigenvalue weighted by Crippen LogP contribution is -2.52. The number of hydrogen-bond acceptors (Lipinski definition) is 2. The lowest BCUT2D eigenvalue weighted by Gasteiger charge is -2.42. The van der Waals surface area contributed by atoms with Gasteiger partial charge in [-0.15, -0.1) is 0 Å². The molecule has 2 nitrogen and oxygen atoms in total. The van der Waals surface area contributed by atoms with E-state index in [0.717, 1.165) is 18.7 Å². The topological polar surface area (TPSA) is 12.5 Å². The molecule has 1 unspecified atom stereocenters. The Balaban J connectivity index is 1.70. The first kappa shape index (κ1) is 9.47. The van der Waals surface area contributed by atoms with Crippen molar-refractivity contribution in [1.82, 2.24) is 4.90 Å². The molecule has 1 atom stereocenters. The van der Waals surface area contributed by atoms with Crippen LogP contribution in [0.1, 0.15) is 40.0 Å². The maximum Gasteiger partial charge on any atom is 0.0629 e. The van der Waals surface area contributed by atoms with E-state index < -0.39 is 0 Å². The predicted octanol–water partition coefficient (Wildman–Crippen LogP) is 2.04. The van der Waals surface area contributed by atoms with Gasteiger partial charge in [0.25, 0.3) is 0 Å². The molecule has 0 radical (unpaired) electrons. The smallest absolute Gasteiger partial charge is 0.0629 e. The zero-order valence-corrected chi connectivity index (χ0v) is 9.05. The molecule has 2 aliphatic rings. The summed E-state index contributed by atoms with van der Waals surface area (Å²) >= 11 is 0. The van der Waals surface area contributed by atoms with E-state index in [4.69, 9.17) is 4.74 Å². The van der Waals surface area contributed by atoms with Crippen LogP contribution in [0.5, 0.6) is 0 Å². The van der Waals surface area contributed by atoms with Gasteiger partial charge in [0.05, 0.1) is 12.2 Å². The van der Waals surface area contributed by atoms with E-state index in [9.17, 15) is 0 Å². The predicted molar refractivity (Wildman–Crippen MR) is 53.8 cm³/mol. The van der Waals surface area contributed by atoms with Gasteiger partial charge in [0.15, 0.2) is 0 Å². The van der Waals surface area contributed by atoms with Crippen molar-refractivity contribution in [2.45, 2.75) is 57.7 Å². The standard InChI is InChI=1S/C11H21NO/c1-11(2,3)13-8-10-6-7-12(10)9-4-5-9/h9-10H,4-8H2,1-3H3. The minimum absolute atomic E-state index is 0.0326. The zero-order valence-electron chi connectivity index (χ0n) is 9.05. The lowest BCUT2D eigenvalue weighted by atomic mass is 10.0. The molecule has 2 rings (SSSR count). The maximum absolute atomic E-state index is 5.80. The van der Waals surface area contributed by atoms with Gasteiger partial charge in [-0.05, 0) is 40.0 Å². The molecule has 1 saturated heterocycles. The Kier molecular flexibility index (Phi) is 2.37. The average Bonchev–Trinajstić information content (AvgIpc) is 2.66. The Morgan fingerprint density at radius 3 is 2.31 bits per heavy atom. The quantitative estimate of drug-likeness (QED) is 0.664. The van der Waals surface area contributed by atoms with Crippen molar-refractivity contribution in [3.63, 3.8) is 0 Å². The Morgan fingerprint density at radius 2 is 1.92 bits per heavy atom. The van der Waals surface area contributed by atoms with Crippen LogP contribution < -0.4 is 0 Å². The highest BCUT2D eigenvalue weighted by Crippen LogP contribution is 2.34. The van der Waals surface area contributed by atoms with E-state index in [2.05, 4.69) is 25.7 Å². The van der Waals surface area contributed by atoms with Gasteiger partial charge >= 0.3 is 0 Å². The second kappa shape index (κ2) is 3.25. The first-order valence-corrected chi connectivity index (χ1v) is 5.46. The summed E-state index contributed by atoms with van der Waals surface area (Å²) in [5, 5.41) is 0. The minimum atomic E-state index is 0.0326. The van der Waals surface area contributed by atoms with Crippen LogP contribution in [0.3, 0.4) is 0 Å². The highest BCUT2D eigenvalue weighted by atomic mass is 16.5. The van der Waals surface area contributed by atoms with Gasteiger partial charge in [-0.2, -0.15) is 0 Å². The van der Waals surface area contributed by atoms with Crippen molar-refractivity contribution in [3.05, 3.63) is 0 Å². The molecule has 1 aliphatic carbocycles. The molecule has 2 heteroatoms.